The van der Waals surface area contributed by atoms with Crippen molar-refractivity contribution in [1.29, 1.82) is 0 Å². The number of H-pyrrole nitrogens is 1. The van der Waals surface area contributed by atoms with Gasteiger partial charge in [0.25, 0.3) is 0 Å². The van der Waals surface area contributed by atoms with Crippen molar-refractivity contribution >= 4 is 16.6 Å². The highest BCUT2D eigenvalue weighted by molar-refractivity contribution is 6.00. The molecule has 2 heterocycles. The summed E-state index contributed by atoms with van der Waals surface area (Å²) in [7, 11) is 0. The van der Waals surface area contributed by atoms with Gasteiger partial charge in [-0.25, -0.2) is 9.97 Å². The summed E-state index contributed by atoms with van der Waals surface area (Å²) in [4.78, 5) is 12.2. The van der Waals surface area contributed by atoms with Crippen LogP contribution >= 0.6 is 0 Å². The van der Waals surface area contributed by atoms with E-state index in [4.69, 9.17) is 0 Å². The molecule has 0 unspecified atom stereocenters. The molecular weight excluding hydrogens is 246 g/mol. The van der Waals surface area contributed by atoms with Gasteiger partial charge in [-0.05, 0) is 30.4 Å². The van der Waals surface area contributed by atoms with Crippen molar-refractivity contribution in [3.05, 3.63) is 54.6 Å². The summed E-state index contributed by atoms with van der Waals surface area (Å²) in [5.74, 6) is 0. The van der Waals surface area contributed by atoms with Gasteiger partial charge in [-0.1, -0.05) is 36.4 Å². The van der Waals surface area contributed by atoms with Crippen molar-refractivity contribution < 1.29 is 0 Å². The Hall–Kier alpha value is -2.42. The largest absolute Gasteiger partial charge is 0.345 e. The summed E-state index contributed by atoms with van der Waals surface area (Å²) < 4.78 is 0. The monoisotopic (exact) mass is 261 g/mol. The third kappa shape index (κ3) is 1.74. The topological polar surface area (TPSA) is 41.6 Å². The second kappa shape index (κ2) is 4.60. The van der Waals surface area contributed by atoms with Crippen LogP contribution in [0.1, 0.15) is 25.0 Å². The van der Waals surface area contributed by atoms with Crippen molar-refractivity contribution in [1.82, 2.24) is 15.0 Å². The van der Waals surface area contributed by atoms with E-state index in [9.17, 15) is 0 Å². The van der Waals surface area contributed by atoms with E-state index in [0.29, 0.717) is 0 Å². The third-order valence-electron chi connectivity index (χ3n) is 3.90. The molecule has 0 saturated heterocycles. The molecule has 0 fully saturated rings. The first-order valence-electron chi connectivity index (χ1n) is 7.00. The Labute approximate surface area is 117 Å². The number of aromatic amines is 1. The van der Waals surface area contributed by atoms with Gasteiger partial charge in [0.05, 0.1) is 11.1 Å². The molecule has 98 valence electrons. The third-order valence-corrected chi connectivity index (χ3v) is 3.90. The van der Waals surface area contributed by atoms with Gasteiger partial charge >= 0.3 is 0 Å². The first-order chi connectivity index (χ1) is 9.93. The number of nitrogens with one attached hydrogen (secondary N) is 1. The van der Waals surface area contributed by atoms with Crippen molar-refractivity contribution in [3.8, 4) is 11.1 Å². The Morgan fingerprint density at radius 3 is 2.75 bits per heavy atom. The van der Waals surface area contributed by atoms with Crippen LogP contribution in [0.15, 0.2) is 48.9 Å². The Morgan fingerprint density at radius 2 is 1.95 bits per heavy atom. The Morgan fingerprint density at radius 1 is 1.05 bits per heavy atom. The smallest absolute Gasteiger partial charge is 0.141 e. The maximum atomic E-state index is 4.55. The zero-order chi connectivity index (χ0) is 13.4. The predicted octanol–water partition coefficient (Wildman–Crippen LogP) is 4.19. The maximum absolute atomic E-state index is 4.55. The molecule has 0 aliphatic heterocycles. The molecule has 1 aromatic carbocycles. The second-order valence-electron chi connectivity index (χ2n) is 5.14. The molecule has 3 heteroatoms. The number of benzene rings is 1. The van der Waals surface area contributed by atoms with E-state index in [1.54, 1.807) is 6.33 Å². The molecule has 0 bridgehead atoms. The van der Waals surface area contributed by atoms with E-state index in [-0.39, 0.29) is 0 Å². The fourth-order valence-corrected chi connectivity index (χ4v) is 2.94. The van der Waals surface area contributed by atoms with Gasteiger partial charge < -0.3 is 4.98 Å². The van der Waals surface area contributed by atoms with Crippen molar-refractivity contribution in [3.63, 3.8) is 0 Å². The lowest BCUT2D eigenvalue weighted by Crippen LogP contribution is -1.91. The van der Waals surface area contributed by atoms with Crippen molar-refractivity contribution in [2.24, 2.45) is 0 Å². The van der Waals surface area contributed by atoms with Gasteiger partial charge in [0.1, 0.15) is 12.0 Å². The molecular formula is C17H15N3. The summed E-state index contributed by atoms with van der Waals surface area (Å²) in [5.41, 5.74) is 5.75. The quantitative estimate of drug-likeness (QED) is 0.751. The zero-order valence-corrected chi connectivity index (χ0v) is 11.1. The Kier molecular flexibility index (Phi) is 2.62. The van der Waals surface area contributed by atoms with Crippen LogP contribution in [-0.4, -0.2) is 15.0 Å². The average Bonchev–Trinajstić information content (AvgIpc) is 3.17. The molecule has 0 radical (unpaired) electrons. The van der Waals surface area contributed by atoms with Crippen molar-refractivity contribution in [2.45, 2.75) is 19.3 Å². The van der Waals surface area contributed by atoms with Crippen LogP contribution < -0.4 is 0 Å². The van der Waals surface area contributed by atoms with Gasteiger partial charge in [-0.15, -0.1) is 0 Å². The molecule has 4 rings (SSSR count). The van der Waals surface area contributed by atoms with E-state index >= 15 is 0 Å². The van der Waals surface area contributed by atoms with Gasteiger partial charge in [-0.2, -0.15) is 0 Å². The lowest BCUT2D eigenvalue weighted by Gasteiger charge is -2.05. The van der Waals surface area contributed by atoms with Crippen LogP contribution in [0.25, 0.3) is 27.7 Å². The summed E-state index contributed by atoms with van der Waals surface area (Å²) in [6.45, 7) is 0. The van der Waals surface area contributed by atoms with E-state index < -0.39 is 0 Å². The molecule has 3 aromatic rings. The number of nitrogens with zero attached hydrogens (tertiary/aromatic N) is 2. The van der Waals surface area contributed by atoms with Gasteiger partial charge in [0.15, 0.2) is 0 Å². The molecule has 1 aliphatic carbocycles. The first-order valence-corrected chi connectivity index (χ1v) is 7.00. The van der Waals surface area contributed by atoms with E-state index in [1.165, 1.54) is 23.1 Å². The van der Waals surface area contributed by atoms with Crippen LogP contribution in [0.2, 0.25) is 0 Å². The molecule has 2 aromatic heterocycles. The predicted molar refractivity (Wildman–Crippen MR) is 81.2 cm³/mol. The number of allylic oxidation sites excluding steroid dienone is 2. The summed E-state index contributed by atoms with van der Waals surface area (Å²) in [6.07, 6.45) is 9.50. The molecule has 0 atom stereocenters. The van der Waals surface area contributed by atoms with E-state index in [1.807, 2.05) is 12.3 Å². The zero-order valence-electron chi connectivity index (χ0n) is 11.1. The molecule has 20 heavy (non-hydrogen) atoms. The van der Waals surface area contributed by atoms with E-state index in [2.05, 4.69) is 45.3 Å². The minimum Gasteiger partial charge on any atom is -0.345 e. The number of rotatable bonds is 2. The Balaban J connectivity index is 1.99. The standard InChI is InChI=1S/C17H15N3/c1-2-6-12(7-3-1)14-10-18-17-15(14)16(19-11-20-17)13-8-4-5-9-13/h1-3,6-8,10-11H,4-5,9H2,(H,18,19,20). The van der Waals surface area contributed by atoms with Gasteiger partial charge in [0, 0.05) is 11.8 Å². The van der Waals surface area contributed by atoms with Crippen LogP contribution in [0.5, 0.6) is 0 Å². The first kappa shape index (κ1) is 11.4. The number of hydrogen-bond donors (Lipinski definition) is 1. The highest BCUT2D eigenvalue weighted by atomic mass is 14.9. The summed E-state index contributed by atoms with van der Waals surface area (Å²) in [5, 5.41) is 1.15. The molecule has 0 amide bonds. The van der Waals surface area contributed by atoms with Gasteiger partial charge in [0.2, 0.25) is 0 Å². The van der Waals surface area contributed by atoms with Crippen LogP contribution in [0.3, 0.4) is 0 Å². The minimum atomic E-state index is 0.918. The number of hydrogen-bond acceptors (Lipinski definition) is 2. The lowest BCUT2D eigenvalue weighted by atomic mass is 10.0. The maximum Gasteiger partial charge on any atom is 0.141 e. The molecule has 1 aliphatic rings. The summed E-state index contributed by atoms with van der Waals surface area (Å²) >= 11 is 0. The fraction of sp³-hybridized carbons (Fsp3) is 0.176. The highest BCUT2D eigenvalue weighted by Crippen LogP contribution is 2.35. The van der Waals surface area contributed by atoms with Crippen LogP contribution in [0, 0.1) is 0 Å². The summed E-state index contributed by atoms with van der Waals surface area (Å²) in [6, 6.07) is 10.4. The fourth-order valence-electron chi connectivity index (χ4n) is 2.94. The Bertz CT molecular complexity index is 784. The average molecular weight is 261 g/mol. The van der Waals surface area contributed by atoms with Gasteiger partial charge in [-0.3, -0.25) is 0 Å². The lowest BCUT2D eigenvalue weighted by molar-refractivity contribution is 0.933. The molecule has 0 saturated carbocycles. The normalized spacial score (nSPS) is 14.7. The molecule has 0 spiro atoms. The van der Waals surface area contributed by atoms with Crippen LogP contribution in [-0.2, 0) is 0 Å². The minimum absolute atomic E-state index is 0.918. The number of fused-ring (bicyclic) bond motifs is 1. The highest BCUT2D eigenvalue weighted by Gasteiger charge is 2.17. The number of aromatic nitrogens is 3. The second-order valence-corrected chi connectivity index (χ2v) is 5.14. The van der Waals surface area contributed by atoms with Crippen LogP contribution in [0.4, 0.5) is 0 Å². The molecule has 3 nitrogen and oxygen atoms in total. The molecule has 1 N–H and O–H groups in total. The van der Waals surface area contributed by atoms with E-state index in [0.717, 1.165) is 29.6 Å². The van der Waals surface area contributed by atoms with Crippen molar-refractivity contribution in [2.75, 3.05) is 0 Å². The SMILES string of the molecule is C1=C(c2ncnc3[nH]cc(-c4ccccc4)c23)CCC1.